The number of methoxy groups -OCH3 is 1. The van der Waals surface area contributed by atoms with Gasteiger partial charge in [-0.1, -0.05) is 0 Å². The van der Waals surface area contributed by atoms with Crippen LogP contribution in [0.15, 0.2) is 15.5 Å². The van der Waals surface area contributed by atoms with Gasteiger partial charge in [-0.3, -0.25) is 4.79 Å². The maximum atomic E-state index is 12.0. The van der Waals surface area contributed by atoms with Gasteiger partial charge in [0.25, 0.3) is 5.56 Å². The van der Waals surface area contributed by atoms with Crippen LogP contribution in [0.4, 0.5) is 5.69 Å². The molecule has 5 nitrogen and oxygen atoms in total. The van der Waals surface area contributed by atoms with E-state index >= 15 is 0 Å². The van der Waals surface area contributed by atoms with E-state index in [1.165, 1.54) is 4.68 Å². The molecule has 1 aromatic rings. The Bertz CT molecular complexity index is 439. The van der Waals surface area contributed by atoms with Crippen molar-refractivity contribution in [2.75, 3.05) is 31.0 Å². The SMILES string of the molecule is COCCn1ncc(NC(C)CSC)c(Br)c1=O. The van der Waals surface area contributed by atoms with E-state index < -0.39 is 0 Å². The van der Waals surface area contributed by atoms with Crippen molar-refractivity contribution in [3.63, 3.8) is 0 Å². The van der Waals surface area contributed by atoms with Crippen LogP contribution < -0.4 is 10.9 Å². The third kappa shape index (κ3) is 4.29. The first-order chi connectivity index (χ1) is 8.60. The van der Waals surface area contributed by atoms with Crippen molar-refractivity contribution in [2.45, 2.75) is 19.5 Å². The minimum Gasteiger partial charge on any atom is -0.383 e. The lowest BCUT2D eigenvalue weighted by molar-refractivity contribution is 0.181. The van der Waals surface area contributed by atoms with Crippen molar-refractivity contribution in [1.82, 2.24) is 9.78 Å². The molecule has 102 valence electrons. The monoisotopic (exact) mass is 335 g/mol. The summed E-state index contributed by atoms with van der Waals surface area (Å²) in [7, 11) is 1.60. The van der Waals surface area contributed by atoms with Gasteiger partial charge in [-0.2, -0.15) is 16.9 Å². The van der Waals surface area contributed by atoms with E-state index in [4.69, 9.17) is 4.74 Å². The first-order valence-electron chi connectivity index (χ1n) is 5.60. The molecular weight excluding hydrogens is 318 g/mol. The quantitative estimate of drug-likeness (QED) is 0.823. The van der Waals surface area contributed by atoms with Crippen LogP contribution in [-0.4, -0.2) is 41.5 Å². The predicted molar refractivity (Wildman–Crippen MR) is 79.5 cm³/mol. The van der Waals surface area contributed by atoms with E-state index in [9.17, 15) is 4.79 Å². The van der Waals surface area contributed by atoms with Gasteiger partial charge in [-0.25, -0.2) is 4.68 Å². The van der Waals surface area contributed by atoms with E-state index in [0.717, 1.165) is 11.4 Å². The van der Waals surface area contributed by atoms with Crippen molar-refractivity contribution >= 4 is 33.4 Å². The number of nitrogens with zero attached hydrogens (tertiary/aromatic N) is 2. The highest BCUT2D eigenvalue weighted by molar-refractivity contribution is 9.10. The molecule has 0 bridgehead atoms. The lowest BCUT2D eigenvalue weighted by atomic mass is 10.3. The van der Waals surface area contributed by atoms with Crippen molar-refractivity contribution in [2.24, 2.45) is 0 Å². The molecule has 1 aromatic heterocycles. The van der Waals surface area contributed by atoms with Crippen LogP contribution in [0.1, 0.15) is 6.92 Å². The Morgan fingerprint density at radius 2 is 2.39 bits per heavy atom. The molecule has 0 radical (unpaired) electrons. The molecule has 1 rings (SSSR count). The summed E-state index contributed by atoms with van der Waals surface area (Å²) in [5.41, 5.74) is 0.587. The van der Waals surface area contributed by atoms with Crippen LogP contribution in [0, 0.1) is 0 Å². The van der Waals surface area contributed by atoms with Gasteiger partial charge >= 0.3 is 0 Å². The largest absolute Gasteiger partial charge is 0.383 e. The molecule has 0 aliphatic rings. The summed E-state index contributed by atoms with van der Waals surface area (Å²) in [5, 5.41) is 7.38. The molecule has 0 aliphatic carbocycles. The molecule has 0 spiro atoms. The minimum atomic E-state index is -0.145. The molecular formula is C11H18BrN3O2S. The lowest BCUT2D eigenvalue weighted by Crippen LogP contribution is -2.28. The topological polar surface area (TPSA) is 56.1 Å². The number of rotatable bonds is 7. The zero-order valence-corrected chi connectivity index (χ0v) is 13.2. The molecule has 18 heavy (non-hydrogen) atoms. The summed E-state index contributed by atoms with van der Waals surface area (Å²) in [5.74, 6) is 0.971. The Kier molecular flexibility index (Phi) is 6.73. The maximum absolute atomic E-state index is 12.0. The summed E-state index contributed by atoms with van der Waals surface area (Å²) < 4.78 is 6.84. The van der Waals surface area contributed by atoms with Crippen LogP contribution >= 0.6 is 27.7 Å². The number of nitrogens with one attached hydrogen (secondary N) is 1. The molecule has 1 N–H and O–H groups in total. The van der Waals surface area contributed by atoms with Crippen LogP contribution in [0.5, 0.6) is 0 Å². The van der Waals surface area contributed by atoms with Gasteiger partial charge in [-0.15, -0.1) is 0 Å². The van der Waals surface area contributed by atoms with Gasteiger partial charge < -0.3 is 10.1 Å². The number of thioether (sulfide) groups is 1. The zero-order chi connectivity index (χ0) is 13.5. The number of halogens is 1. The molecule has 0 saturated carbocycles. The summed E-state index contributed by atoms with van der Waals surface area (Å²) in [4.78, 5) is 12.0. The minimum absolute atomic E-state index is 0.145. The molecule has 0 amide bonds. The first kappa shape index (κ1) is 15.5. The smallest absolute Gasteiger partial charge is 0.283 e. The highest BCUT2D eigenvalue weighted by Crippen LogP contribution is 2.17. The molecule has 7 heteroatoms. The van der Waals surface area contributed by atoms with Gasteiger partial charge in [0.15, 0.2) is 0 Å². The van der Waals surface area contributed by atoms with E-state index in [2.05, 4.69) is 33.3 Å². The Morgan fingerprint density at radius 1 is 1.67 bits per heavy atom. The molecule has 0 aliphatic heterocycles. The number of aromatic nitrogens is 2. The van der Waals surface area contributed by atoms with Crippen LogP contribution in [0.3, 0.4) is 0 Å². The van der Waals surface area contributed by atoms with Crippen LogP contribution in [0.2, 0.25) is 0 Å². The van der Waals surface area contributed by atoms with Gasteiger partial charge in [0.05, 0.1) is 25.0 Å². The Labute approximate surface area is 119 Å². The van der Waals surface area contributed by atoms with Gasteiger partial charge in [0, 0.05) is 18.9 Å². The molecule has 0 aromatic carbocycles. The molecule has 1 unspecified atom stereocenters. The van der Waals surface area contributed by atoms with Crippen molar-refractivity contribution in [3.8, 4) is 0 Å². The fourth-order valence-electron chi connectivity index (χ4n) is 1.46. The van der Waals surface area contributed by atoms with E-state index in [1.54, 1.807) is 25.1 Å². The highest BCUT2D eigenvalue weighted by atomic mass is 79.9. The average molecular weight is 336 g/mol. The van der Waals surface area contributed by atoms with Crippen molar-refractivity contribution in [3.05, 3.63) is 21.0 Å². The van der Waals surface area contributed by atoms with E-state index in [-0.39, 0.29) is 11.6 Å². The molecule has 0 saturated heterocycles. The Hall–Kier alpha value is -0.530. The summed E-state index contributed by atoms with van der Waals surface area (Å²) >= 11 is 5.07. The fraction of sp³-hybridized carbons (Fsp3) is 0.636. The summed E-state index contributed by atoms with van der Waals surface area (Å²) in [6.07, 6.45) is 3.71. The number of hydrogen-bond donors (Lipinski definition) is 1. The second-order valence-electron chi connectivity index (χ2n) is 3.89. The second-order valence-corrected chi connectivity index (χ2v) is 5.60. The Morgan fingerprint density at radius 3 is 3.00 bits per heavy atom. The summed E-state index contributed by atoms with van der Waals surface area (Å²) in [6, 6.07) is 0.285. The third-order valence-corrected chi connectivity index (χ3v) is 3.91. The standard InChI is InChI=1S/C11H18BrN3O2S/c1-8(7-18-3)14-9-6-13-15(4-5-17-2)11(16)10(9)12/h6,8,14H,4-5,7H2,1-3H3. The van der Waals surface area contributed by atoms with E-state index in [1.807, 2.05) is 6.26 Å². The number of anilines is 1. The maximum Gasteiger partial charge on any atom is 0.283 e. The van der Waals surface area contributed by atoms with Crippen molar-refractivity contribution < 1.29 is 4.74 Å². The predicted octanol–water partition coefficient (Wildman–Crippen LogP) is 1.82. The molecule has 1 heterocycles. The van der Waals surface area contributed by atoms with Crippen LogP contribution in [-0.2, 0) is 11.3 Å². The Balaban J connectivity index is 2.83. The average Bonchev–Trinajstić information content (AvgIpc) is 2.34. The number of hydrogen-bond acceptors (Lipinski definition) is 5. The molecule has 0 fully saturated rings. The van der Waals surface area contributed by atoms with Gasteiger partial charge in [-0.05, 0) is 29.1 Å². The third-order valence-electron chi connectivity index (χ3n) is 2.31. The van der Waals surface area contributed by atoms with Crippen LogP contribution in [0.25, 0.3) is 0 Å². The van der Waals surface area contributed by atoms with Gasteiger partial charge in [0.2, 0.25) is 0 Å². The second kappa shape index (κ2) is 7.81. The fourth-order valence-corrected chi connectivity index (χ4v) is 2.46. The van der Waals surface area contributed by atoms with Crippen molar-refractivity contribution in [1.29, 1.82) is 0 Å². The first-order valence-corrected chi connectivity index (χ1v) is 7.78. The van der Waals surface area contributed by atoms with Gasteiger partial charge in [0.1, 0.15) is 4.47 Å². The summed E-state index contributed by atoms with van der Waals surface area (Å²) in [6.45, 7) is 2.99. The highest BCUT2D eigenvalue weighted by Gasteiger charge is 2.10. The lowest BCUT2D eigenvalue weighted by Gasteiger charge is -2.15. The molecule has 1 atom stereocenters. The number of ether oxygens (including phenoxy) is 1. The normalized spacial score (nSPS) is 12.4. The van der Waals surface area contributed by atoms with E-state index in [0.29, 0.717) is 17.6 Å². The zero-order valence-electron chi connectivity index (χ0n) is 10.8.